The summed E-state index contributed by atoms with van der Waals surface area (Å²) in [6, 6.07) is 43.0. The van der Waals surface area contributed by atoms with Crippen molar-refractivity contribution in [1.29, 1.82) is 0 Å². The molecule has 0 aliphatic rings. The van der Waals surface area contributed by atoms with Gasteiger partial charge in [0.1, 0.15) is 28.2 Å². The molecule has 0 aliphatic heterocycles. The molecule has 4 nitrogen and oxygen atoms in total. The van der Waals surface area contributed by atoms with Gasteiger partial charge < -0.3 is 0 Å². The number of pyridine rings is 4. The molecule has 0 spiro atoms. The normalized spacial score (nSPS) is 12.7. The van der Waals surface area contributed by atoms with Crippen LogP contribution in [0, 0.1) is 48.4 Å². The Morgan fingerprint density at radius 1 is 0.388 bits per heavy atom. The Balaban J connectivity index is 0.000000184. The highest BCUT2D eigenvalue weighted by atomic mass is 14.9. The zero-order chi connectivity index (χ0) is 54.9. The Hall–Kier alpha value is -6.52. The predicted molar refractivity (Wildman–Crippen MR) is 283 cm³/mol. The maximum atomic E-state index is 7.88. The van der Waals surface area contributed by atoms with Crippen LogP contribution in [-0.2, 0) is 53.8 Å². The summed E-state index contributed by atoms with van der Waals surface area (Å²) < 4.78 is 62.0. The second kappa shape index (κ2) is 24.3. The maximum absolute atomic E-state index is 7.88. The standard InChI is InChI=1S/3C16H20N.C15H18N/c1-5-14-7-9-16(17(4)11-14)15-8-6-12(2)10-13(15)3;2*1-5-14-11-17(4)16(10-13(14)3)15-9-7-6-8-12(15)2;1-4-13-8-9-14(12(2)11-13)15-7-5-6-10-16(15)3/h3*6-11H,5H2,1-4H3;5-11H,4H2,1-3H3/q4*+1/i2D3,5D2;5D2;;. The molecule has 0 fully saturated rings. The Morgan fingerprint density at radius 2 is 0.881 bits per heavy atom. The minimum atomic E-state index is -2.10. The van der Waals surface area contributed by atoms with Gasteiger partial charge in [-0.25, -0.2) is 18.3 Å². The van der Waals surface area contributed by atoms with E-state index >= 15 is 0 Å². The summed E-state index contributed by atoms with van der Waals surface area (Å²) in [6.07, 6.45) is 7.49. The van der Waals surface area contributed by atoms with Gasteiger partial charge in [0, 0.05) is 78.9 Å². The minimum absolute atomic E-state index is 0.331. The van der Waals surface area contributed by atoms with E-state index in [0.717, 1.165) is 46.5 Å². The van der Waals surface area contributed by atoms with Gasteiger partial charge in [-0.2, -0.15) is 0 Å². The smallest absolute Gasteiger partial charge is 0.201 e. The van der Waals surface area contributed by atoms with E-state index in [2.05, 4.69) is 162 Å². The Kier molecular flexibility index (Phi) is 15.2. The monoisotopic (exact) mass is 898 g/mol. The molecule has 0 bridgehead atoms. The molecule has 0 saturated carbocycles. The second-order valence-corrected chi connectivity index (χ2v) is 17.5. The van der Waals surface area contributed by atoms with E-state index in [1.54, 1.807) is 31.3 Å². The van der Waals surface area contributed by atoms with Gasteiger partial charge in [-0.05, 0) is 149 Å². The fourth-order valence-electron chi connectivity index (χ4n) is 8.46. The highest BCUT2D eigenvalue weighted by molar-refractivity contribution is 5.64. The number of benzene rings is 4. The molecule has 0 saturated heterocycles. The number of aromatic nitrogens is 4. The SMILES string of the molecule is CCc1c[n+](C)c(-c2ccccc2C)cc1C.CCc1ccc(-c2cccc[n+]2C)c(C)c1.[2H]C([2H])(C)c1c[n+](C)c(-c2ccccc2C)cc1C.[2H]C([2H])([2H])c1ccc(-c2ccc(C([2H])([2H])C)c[n+]2C)c(C)c1. The average molecular weight is 898 g/mol. The molecule has 8 aromatic rings. The number of hydrogen-bond acceptors (Lipinski definition) is 0. The van der Waals surface area contributed by atoms with E-state index in [1.807, 2.05) is 67.5 Å². The summed E-state index contributed by atoms with van der Waals surface area (Å²) in [5, 5.41) is 0. The third kappa shape index (κ3) is 13.3. The van der Waals surface area contributed by atoms with Gasteiger partial charge in [-0.15, -0.1) is 0 Å². The van der Waals surface area contributed by atoms with Crippen molar-refractivity contribution in [1.82, 2.24) is 0 Å². The van der Waals surface area contributed by atoms with Crippen molar-refractivity contribution < 1.29 is 27.9 Å². The molecule has 4 aromatic carbocycles. The van der Waals surface area contributed by atoms with E-state index < -0.39 is 19.6 Å². The number of rotatable bonds is 8. The molecule has 0 radical (unpaired) electrons. The second-order valence-electron chi connectivity index (χ2n) is 17.5. The van der Waals surface area contributed by atoms with Crippen LogP contribution < -0.4 is 18.3 Å². The quantitative estimate of drug-likeness (QED) is 0.135. The van der Waals surface area contributed by atoms with Gasteiger partial charge in [-0.3, -0.25) is 0 Å². The minimum Gasteiger partial charge on any atom is -0.201 e. The first-order chi connectivity index (χ1) is 34.7. The molecular formula is C63H78N4+4. The lowest BCUT2D eigenvalue weighted by molar-refractivity contribution is -0.661. The third-order valence-electron chi connectivity index (χ3n) is 12.5. The van der Waals surface area contributed by atoms with Crippen LogP contribution in [0.15, 0.2) is 152 Å². The van der Waals surface area contributed by atoms with Crippen LogP contribution in [0.3, 0.4) is 0 Å². The Bertz CT molecular complexity index is 3160. The van der Waals surface area contributed by atoms with Crippen LogP contribution in [0.1, 0.15) is 98.5 Å². The van der Waals surface area contributed by atoms with Crippen molar-refractivity contribution in [3.63, 3.8) is 0 Å². The molecule has 346 valence electrons. The van der Waals surface area contributed by atoms with Crippen LogP contribution in [-0.4, -0.2) is 0 Å². The van der Waals surface area contributed by atoms with Crippen LogP contribution in [0.4, 0.5) is 0 Å². The number of hydrogen-bond donors (Lipinski definition) is 0. The van der Waals surface area contributed by atoms with Gasteiger partial charge in [0.2, 0.25) is 22.8 Å². The summed E-state index contributed by atoms with van der Waals surface area (Å²) in [4.78, 5) is 0. The zero-order valence-corrected chi connectivity index (χ0v) is 42.6. The van der Waals surface area contributed by atoms with Crippen molar-refractivity contribution in [3.8, 4) is 45.0 Å². The van der Waals surface area contributed by atoms with Gasteiger partial charge in [0.15, 0.2) is 24.8 Å². The molecule has 0 aliphatic carbocycles. The van der Waals surface area contributed by atoms with Crippen molar-refractivity contribution in [2.75, 3.05) is 0 Å². The molecule has 0 unspecified atom stereocenters. The van der Waals surface area contributed by atoms with Gasteiger partial charge >= 0.3 is 0 Å². The molecule has 0 N–H and O–H groups in total. The largest absolute Gasteiger partial charge is 0.212 e. The molecule has 4 heterocycles. The molecular weight excluding hydrogens is 813 g/mol. The fourth-order valence-corrected chi connectivity index (χ4v) is 8.46. The lowest BCUT2D eigenvalue weighted by Gasteiger charge is -2.07. The van der Waals surface area contributed by atoms with E-state index in [1.165, 1.54) is 68.4 Å². The van der Waals surface area contributed by atoms with Crippen LogP contribution in [0.5, 0.6) is 0 Å². The maximum Gasteiger partial charge on any atom is 0.212 e. The van der Waals surface area contributed by atoms with Gasteiger partial charge in [0.05, 0.1) is 0 Å². The summed E-state index contributed by atoms with van der Waals surface area (Å²) in [5.41, 5.74) is 21.0. The highest BCUT2D eigenvalue weighted by Gasteiger charge is 2.17. The first kappa shape index (κ1) is 41.9. The first-order valence-electron chi connectivity index (χ1n) is 26.9. The van der Waals surface area contributed by atoms with E-state index in [4.69, 9.17) is 9.60 Å². The molecule has 67 heavy (non-hydrogen) atoms. The van der Waals surface area contributed by atoms with Crippen LogP contribution in [0.25, 0.3) is 45.0 Å². The molecule has 0 amide bonds. The van der Waals surface area contributed by atoms with Crippen LogP contribution in [0.2, 0.25) is 0 Å². The summed E-state index contributed by atoms with van der Waals surface area (Å²) in [6.45, 7) is 17.9. The summed E-state index contributed by atoms with van der Waals surface area (Å²) in [7, 11) is 8.04. The third-order valence-corrected chi connectivity index (χ3v) is 12.5. The topological polar surface area (TPSA) is 15.5 Å². The van der Waals surface area contributed by atoms with Gasteiger partial charge in [0.25, 0.3) is 0 Å². The Labute approximate surface area is 414 Å². The summed E-state index contributed by atoms with van der Waals surface area (Å²) >= 11 is 0. The van der Waals surface area contributed by atoms with Gasteiger partial charge in [-0.1, -0.05) is 93.9 Å². The lowest BCUT2D eigenvalue weighted by atomic mass is 10.0. The van der Waals surface area contributed by atoms with E-state index in [9.17, 15) is 0 Å². The fraction of sp³-hybridized carbons (Fsp3) is 0.302. The first-order valence-corrected chi connectivity index (χ1v) is 23.4. The predicted octanol–water partition coefficient (Wildman–Crippen LogP) is 13.1. The van der Waals surface area contributed by atoms with Crippen molar-refractivity contribution in [2.24, 2.45) is 28.2 Å². The lowest BCUT2D eigenvalue weighted by Crippen LogP contribution is -2.32. The average Bonchev–Trinajstić information content (AvgIpc) is 3.33. The summed E-state index contributed by atoms with van der Waals surface area (Å²) in [5.74, 6) is 0. The van der Waals surface area contributed by atoms with Crippen molar-refractivity contribution in [3.05, 3.63) is 213 Å². The van der Waals surface area contributed by atoms with Crippen molar-refractivity contribution >= 4 is 0 Å². The molecule has 0 atom stereocenters. The molecule has 8 rings (SSSR count). The van der Waals surface area contributed by atoms with Crippen molar-refractivity contribution in [2.45, 2.75) is 102 Å². The number of aryl methyl sites for hydroxylation is 15. The molecule has 4 heteroatoms. The van der Waals surface area contributed by atoms with Crippen LogP contribution >= 0.6 is 0 Å². The molecule has 4 aromatic heterocycles. The highest BCUT2D eigenvalue weighted by Crippen LogP contribution is 2.25. The van der Waals surface area contributed by atoms with E-state index in [0.29, 0.717) is 11.1 Å². The Morgan fingerprint density at radius 3 is 1.37 bits per heavy atom. The number of nitrogens with zero attached hydrogens (tertiary/aromatic N) is 4. The zero-order valence-electron chi connectivity index (χ0n) is 49.6. The van der Waals surface area contributed by atoms with E-state index in [-0.39, 0.29) is 0 Å².